The molecule has 0 bridgehead atoms. The van der Waals surface area contributed by atoms with Crippen LogP contribution in [0.15, 0.2) is 0 Å². The van der Waals surface area contributed by atoms with Crippen LogP contribution in [0.1, 0.15) is 33.6 Å². The van der Waals surface area contributed by atoms with E-state index in [0.29, 0.717) is 18.1 Å². The first kappa shape index (κ1) is 13.8. The van der Waals surface area contributed by atoms with Gasteiger partial charge in [-0.25, -0.2) is 0 Å². The van der Waals surface area contributed by atoms with Crippen LogP contribution in [0, 0.1) is 11.3 Å². The van der Waals surface area contributed by atoms with Crippen LogP contribution in [0.25, 0.3) is 0 Å². The van der Waals surface area contributed by atoms with Gasteiger partial charge in [0.2, 0.25) is 5.91 Å². The molecule has 1 aliphatic carbocycles. The molecule has 0 spiro atoms. The van der Waals surface area contributed by atoms with Crippen molar-refractivity contribution in [1.82, 2.24) is 10.2 Å². The second-order valence-corrected chi connectivity index (χ2v) is 6.16. The molecule has 0 unspecified atom stereocenters. The number of rotatable bonds is 4. The molecule has 2 aliphatic rings. The highest BCUT2D eigenvalue weighted by Gasteiger charge is 2.52. The van der Waals surface area contributed by atoms with Crippen LogP contribution in [0.3, 0.4) is 0 Å². The van der Waals surface area contributed by atoms with Crippen molar-refractivity contribution in [2.45, 2.75) is 45.8 Å². The van der Waals surface area contributed by atoms with E-state index in [1.807, 2.05) is 18.9 Å². The van der Waals surface area contributed by atoms with E-state index in [4.69, 9.17) is 4.74 Å². The number of hydrogen-bond donors (Lipinski definition) is 1. The number of hydrogen-bond acceptors (Lipinski definition) is 3. The third-order valence-electron chi connectivity index (χ3n) is 4.72. The summed E-state index contributed by atoms with van der Waals surface area (Å²) in [7, 11) is 1.95. The summed E-state index contributed by atoms with van der Waals surface area (Å²) in [5, 5.41) is 3.26. The number of carbonyl (C=O) groups is 1. The van der Waals surface area contributed by atoms with Crippen LogP contribution in [0.4, 0.5) is 0 Å². The topological polar surface area (TPSA) is 41.6 Å². The molecular formula is C14H26N2O2. The normalized spacial score (nSPS) is 34.1. The monoisotopic (exact) mass is 254 g/mol. The quantitative estimate of drug-likeness (QED) is 0.821. The number of nitrogens with zero attached hydrogens (tertiary/aromatic N) is 1. The number of carbonyl (C=O) groups excluding carboxylic acids is 1. The molecule has 104 valence electrons. The second kappa shape index (κ2) is 5.17. The third-order valence-corrected chi connectivity index (χ3v) is 4.72. The van der Waals surface area contributed by atoms with Crippen LogP contribution >= 0.6 is 0 Å². The van der Waals surface area contributed by atoms with Crippen LogP contribution in [0.5, 0.6) is 0 Å². The standard InChI is InChI=1S/C14H26N2O2/c1-5-18-12-8-11(14(12,2)3)16(4)13(17)10-6-7-15-9-10/h10-12,15H,5-9H2,1-4H3/t10-,11-,12-/m1/s1. The Morgan fingerprint density at radius 3 is 2.72 bits per heavy atom. The van der Waals surface area contributed by atoms with E-state index in [9.17, 15) is 4.79 Å². The summed E-state index contributed by atoms with van der Waals surface area (Å²) >= 11 is 0. The zero-order chi connectivity index (χ0) is 13.3. The molecular weight excluding hydrogens is 228 g/mol. The van der Waals surface area contributed by atoms with Crippen molar-refractivity contribution in [2.24, 2.45) is 11.3 Å². The van der Waals surface area contributed by atoms with Crippen LogP contribution in [0.2, 0.25) is 0 Å². The summed E-state index contributed by atoms with van der Waals surface area (Å²) in [6.45, 7) is 9.01. The van der Waals surface area contributed by atoms with E-state index in [1.54, 1.807) is 0 Å². The molecule has 1 N–H and O–H groups in total. The maximum absolute atomic E-state index is 12.4. The van der Waals surface area contributed by atoms with Crippen molar-refractivity contribution in [3.05, 3.63) is 0 Å². The van der Waals surface area contributed by atoms with Gasteiger partial charge < -0.3 is 15.0 Å². The Balaban J connectivity index is 1.94. The largest absolute Gasteiger partial charge is 0.378 e. The summed E-state index contributed by atoms with van der Waals surface area (Å²) in [4.78, 5) is 14.3. The SMILES string of the molecule is CCO[C@@H]1C[C@@H](N(C)C(=O)[C@@H]2CCNC2)C1(C)C. The van der Waals surface area contributed by atoms with Gasteiger partial charge in [-0.3, -0.25) is 4.79 Å². The Kier molecular flexibility index (Phi) is 3.97. The summed E-state index contributed by atoms with van der Waals surface area (Å²) in [6, 6.07) is 0.321. The lowest BCUT2D eigenvalue weighted by Gasteiger charge is -2.55. The van der Waals surface area contributed by atoms with Gasteiger partial charge in [-0.1, -0.05) is 13.8 Å². The minimum atomic E-state index is 0.0758. The molecule has 0 radical (unpaired) electrons. The van der Waals surface area contributed by atoms with Gasteiger partial charge in [-0.05, 0) is 26.3 Å². The van der Waals surface area contributed by atoms with E-state index in [1.165, 1.54) is 0 Å². The van der Waals surface area contributed by atoms with Crippen molar-refractivity contribution < 1.29 is 9.53 Å². The van der Waals surface area contributed by atoms with E-state index in [-0.39, 0.29) is 11.3 Å². The number of amides is 1. The maximum atomic E-state index is 12.4. The molecule has 1 saturated carbocycles. The number of ether oxygens (including phenoxy) is 1. The van der Waals surface area contributed by atoms with E-state index < -0.39 is 0 Å². The van der Waals surface area contributed by atoms with Gasteiger partial charge in [0.05, 0.1) is 12.0 Å². The van der Waals surface area contributed by atoms with Gasteiger partial charge in [-0.2, -0.15) is 0 Å². The number of nitrogens with one attached hydrogen (secondary N) is 1. The van der Waals surface area contributed by atoms with Crippen LogP contribution in [-0.4, -0.2) is 49.7 Å². The van der Waals surface area contributed by atoms with E-state index >= 15 is 0 Å². The first-order chi connectivity index (χ1) is 8.48. The fraction of sp³-hybridized carbons (Fsp3) is 0.929. The summed E-state index contributed by atoms with van der Waals surface area (Å²) in [5.41, 5.74) is 0.0758. The predicted molar refractivity (Wildman–Crippen MR) is 71.3 cm³/mol. The molecule has 1 aliphatic heterocycles. The molecule has 4 heteroatoms. The van der Waals surface area contributed by atoms with Gasteiger partial charge in [0.15, 0.2) is 0 Å². The van der Waals surface area contributed by atoms with Crippen LogP contribution in [-0.2, 0) is 9.53 Å². The Morgan fingerprint density at radius 2 is 2.22 bits per heavy atom. The van der Waals surface area contributed by atoms with Gasteiger partial charge in [0.25, 0.3) is 0 Å². The molecule has 18 heavy (non-hydrogen) atoms. The highest BCUT2D eigenvalue weighted by molar-refractivity contribution is 5.79. The molecule has 0 aromatic heterocycles. The fourth-order valence-corrected chi connectivity index (χ4v) is 3.31. The minimum absolute atomic E-state index is 0.0758. The Morgan fingerprint density at radius 1 is 1.50 bits per heavy atom. The minimum Gasteiger partial charge on any atom is -0.378 e. The molecule has 0 aromatic carbocycles. The maximum Gasteiger partial charge on any atom is 0.227 e. The van der Waals surface area contributed by atoms with Crippen molar-refractivity contribution >= 4 is 5.91 Å². The summed E-state index contributed by atoms with van der Waals surface area (Å²) < 4.78 is 5.73. The van der Waals surface area contributed by atoms with Crippen molar-refractivity contribution in [3.8, 4) is 0 Å². The average molecular weight is 254 g/mol. The van der Waals surface area contributed by atoms with Gasteiger partial charge >= 0.3 is 0 Å². The first-order valence-electron chi connectivity index (χ1n) is 7.07. The van der Waals surface area contributed by atoms with Gasteiger partial charge in [0, 0.05) is 31.7 Å². The Hall–Kier alpha value is -0.610. The Labute approximate surface area is 110 Å². The molecule has 1 saturated heterocycles. The van der Waals surface area contributed by atoms with Gasteiger partial charge in [-0.15, -0.1) is 0 Å². The highest BCUT2D eigenvalue weighted by Crippen LogP contribution is 2.45. The summed E-state index contributed by atoms with van der Waals surface area (Å²) in [6.07, 6.45) is 2.25. The lowest BCUT2D eigenvalue weighted by molar-refractivity contribution is -0.165. The molecule has 0 aromatic rings. The molecule has 2 fully saturated rings. The highest BCUT2D eigenvalue weighted by atomic mass is 16.5. The van der Waals surface area contributed by atoms with E-state index in [2.05, 4.69) is 19.2 Å². The summed E-state index contributed by atoms with van der Waals surface area (Å²) in [5.74, 6) is 0.477. The molecule has 3 atom stereocenters. The zero-order valence-electron chi connectivity index (χ0n) is 12.0. The van der Waals surface area contributed by atoms with Crippen molar-refractivity contribution in [2.75, 3.05) is 26.7 Å². The van der Waals surface area contributed by atoms with E-state index in [0.717, 1.165) is 32.5 Å². The molecule has 2 rings (SSSR count). The fourth-order valence-electron chi connectivity index (χ4n) is 3.31. The smallest absolute Gasteiger partial charge is 0.227 e. The lowest BCUT2D eigenvalue weighted by atomic mass is 9.63. The van der Waals surface area contributed by atoms with Crippen molar-refractivity contribution in [3.63, 3.8) is 0 Å². The first-order valence-corrected chi connectivity index (χ1v) is 7.07. The third kappa shape index (κ3) is 2.28. The zero-order valence-corrected chi connectivity index (χ0v) is 12.0. The second-order valence-electron chi connectivity index (χ2n) is 6.16. The Bertz CT molecular complexity index is 311. The molecule has 1 heterocycles. The lowest BCUT2D eigenvalue weighted by Crippen LogP contribution is -2.63. The average Bonchev–Trinajstić information content (AvgIpc) is 2.86. The van der Waals surface area contributed by atoms with Crippen LogP contribution < -0.4 is 5.32 Å². The van der Waals surface area contributed by atoms with Crippen molar-refractivity contribution in [1.29, 1.82) is 0 Å². The van der Waals surface area contributed by atoms with Gasteiger partial charge in [0.1, 0.15) is 0 Å². The predicted octanol–water partition coefficient (Wildman–Crippen LogP) is 1.26. The molecule has 4 nitrogen and oxygen atoms in total. The molecule has 1 amide bonds.